The van der Waals surface area contributed by atoms with Crippen LogP contribution in [0.25, 0.3) is 11.3 Å². The molecule has 1 aliphatic rings. The lowest BCUT2D eigenvalue weighted by molar-refractivity contribution is -0.133. The van der Waals surface area contributed by atoms with Crippen LogP contribution in [0.15, 0.2) is 42.5 Å². The fraction of sp³-hybridized carbons (Fsp3) is 0.370. The highest BCUT2D eigenvalue weighted by molar-refractivity contribution is 5.78. The van der Waals surface area contributed by atoms with E-state index in [-0.39, 0.29) is 12.5 Å². The molecular formula is C27H32N4O4. The number of amides is 1. The van der Waals surface area contributed by atoms with Gasteiger partial charge in [-0.2, -0.15) is 0 Å². The van der Waals surface area contributed by atoms with E-state index >= 15 is 0 Å². The number of carbonyl (C=O) groups is 1. The van der Waals surface area contributed by atoms with Crippen molar-refractivity contribution in [3.8, 4) is 28.5 Å². The lowest BCUT2D eigenvalue weighted by atomic mass is 10.1. The van der Waals surface area contributed by atoms with Gasteiger partial charge in [0.05, 0.1) is 19.9 Å². The van der Waals surface area contributed by atoms with Gasteiger partial charge < -0.3 is 24.0 Å². The number of anilines is 1. The predicted octanol–water partition coefficient (Wildman–Crippen LogP) is 3.81. The second-order valence-electron chi connectivity index (χ2n) is 8.70. The van der Waals surface area contributed by atoms with E-state index in [1.807, 2.05) is 55.1 Å². The molecule has 2 aromatic carbocycles. The van der Waals surface area contributed by atoms with E-state index in [4.69, 9.17) is 14.2 Å². The van der Waals surface area contributed by atoms with Crippen LogP contribution < -0.4 is 19.1 Å². The first kappa shape index (κ1) is 24.3. The summed E-state index contributed by atoms with van der Waals surface area (Å²) < 4.78 is 16.7. The van der Waals surface area contributed by atoms with Crippen LogP contribution in [0.4, 0.5) is 5.82 Å². The molecule has 35 heavy (non-hydrogen) atoms. The van der Waals surface area contributed by atoms with Gasteiger partial charge in [-0.3, -0.25) is 4.79 Å². The van der Waals surface area contributed by atoms with Crippen molar-refractivity contribution in [2.24, 2.45) is 0 Å². The summed E-state index contributed by atoms with van der Waals surface area (Å²) in [5, 5.41) is 8.85. The second kappa shape index (κ2) is 10.6. The second-order valence-corrected chi connectivity index (χ2v) is 8.70. The van der Waals surface area contributed by atoms with Gasteiger partial charge in [-0.1, -0.05) is 6.07 Å². The van der Waals surface area contributed by atoms with Gasteiger partial charge in [-0.05, 0) is 73.9 Å². The fourth-order valence-electron chi connectivity index (χ4n) is 4.22. The Balaban J connectivity index is 1.35. The first-order valence-electron chi connectivity index (χ1n) is 11.7. The van der Waals surface area contributed by atoms with Crippen LogP contribution in [-0.4, -0.2) is 68.0 Å². The molecule has 0 radical (unpaired) electrons. The molecule has 0 aliphatic carbocycles. The molecule has 0 spiro atoms. The van der Waals surface area contributed by atoms with Crippen molar-refractivity contribution in [2.75, 3.05) is 51.9 Å². The quantitative estimate of drug-likeness (QED) is 0.513. The van der Waals surface area contributed by atoms with Crippen LogP contribution in [0.5, 0.6) is 17.2 Å². The smallest absolute Gasteiger partial charge is 0.260 e. The van der Waals surface area contributed by atoms with E-state index in [1.165, 1.54) is 0 Å². The first-order valence-corrected chi connectivity index (χ1v) is 11.7. The van der Waals surface area contributed by atoms with E-state index in [9.17, 15) is 4.79 Å². The molecule has 0 bridgehead atoms. The lowest BCUT2D eigenvalue weighted by Crippen LogP contribution is -2.50. The number of aryl methyl sites for hydroxylation is 2. The maximum absolute atomic E-state index is 12.7. The molecule has 0 N–H and O–H groups in total. The summed E-state index contributed by atoms with van der Waals surface area (Å²) in [6.45, 7) is 8.74. The van der Waals surface area contributed by atoms with Crippen LogP contribution in [0.2, 0.25) is 0 Å². The van der Waals surface area contributed by atoms with Crippen molar-refractivity contribution in [1.29, 1.82) is 0 Å². The highest BCUT2D eigenvalue weighted by Crippen LogP contribution is 2.32. The summed E-state index contributed by atoms with van der Waals surface area (Å²) in [5.41, 5.74) is 4.89. The Kier molecular flexibility index (Phi) is 7.39. The molecule has 1 saturated heterocycles. The summed E-state index contributed by atoms with van der Waals surface area (Å²) in [4.78, 5) is 16.7. The summed E-state index contributed by atoms with van der Waals surface area (Å²) in [7, 11) is 3.25. The number of benzene rings is 2. The molecule has 1 aliphatic heterocycles. The van der Waals surface area contributed by atoms with Crippen molar-refractivity contribution in [2.45, 2.75) is 20.8 Å². The van der Waals surface area contributed by atoms with Crippen molar-refractivity contribution in [3.05, 3.63) is 59.2 Å². The molecular weight excluding hydrogens is 444 g/mol. The number of hydrogen-bond acceptors (Lipinski definition) is 7. The summed E-state index contributed by atoms with van der Waals surface area (Å²) in [6, 6.07) is 13.6. The molecule has 8 nitrogen and oxygen atoms in total. The topological polar surface area (TPSA) is 77.0 Å². The molecule has 184 valence electrons. The minimum atomic E-state index is -0.00485. The van der Waals surface area contributed by atoms with Gasteiger partial charge in [0, 0.05) is 31.7 Å². The minimum absolute atomic E-state index is 0.00485. The Morgan fingerprint density at radius 3 is 2.31 bits per heavy atom. The van der Waals surface area contributed by atoms with Crippen molar-refractivity contribution >= 4 is 11.7 Å². The number of nitrogens with zero attached hydrogens (tertiary/aromatic N) is 4. The van der Waals surface area contributed by atoms with E-state index in [2.05, 4.69) is 28.1 Å². The predicted molar refractivity (Wildman–Crippen MR) is 136 cm³/mol. The zero-order valence-electron chi connectivity index (χ0n) is 21.0. The van der Waals surface area contributed by atoms with Crippen LogP contribution in [0, 0.1) is 20.8 Å². The third-order valence-electron chi connectivity index (χ3n) is 6.40. The van der Waals surface area contributed by atoms with Crippen LogP contribution >= 0.6 is 0 Å². The number of carbonyl (C=O) groups excluding carboxylic acids is 1. The Bertz CT molecular complexity index is 1190. The van der Waals surface area contributed by atoms with Gasteiger partial charge >= 0.3 is 0 Å². The molecule has 8 heteroatoms. The minimum Gasteiger partial charge on any atom is -0.497 e. The number of hydrogen-bond donors (Lipinski definition) is 0. The van der Waals surface area contributed by atoms with Crippen molar-refractivity contribution in [3.63, 3.8) is 0 Å². The van der Waals surface area contributed by atoms with E-state index in [1.54, 1.807) is 14.2 Å². The number of methoxy groups -OCH3 is 2. The number of piperazine rings is 1. The summed E-state index contributed by atoms with van der Waals surface area (Å²) in [6.07, 6.45) is 0. The van der Waals surface area contributed by atoms with Crippen LogP contribution in [0.3, 0.4) is 0 Å². The molecule has 1 fully saturated rings. The van der Waals surface area contributed by atoms with Gasteiger partial charge in [0.1, 0.15) is 17.2 Å². The summed E-state index contributed by atoms with van der Waals surface area (Å²) >= 11 is 0. The molecule has 2 heterocycles. The number of ether oxygens (including phenoxy) is 3. The Morgan fingerprint density at radius 2 is 1.66 bits per heavy atom. The molecule has 0 saturated carbocycles. The average molecular weight is 477 g/mol. The Hall–Kier alpha value is -3.81. The third kappa shape index (κ3) is 5.48. The van der Waals surface area contributed by atoms with Crippen molar-refractivity contribution < 1.29 is 19.0 Å². The average Bonchev–Trinajstić information content (AvgIpc) is 2.89. The van der Waals surface area contributed by atoms with E-state index < -0.39 is 0 Å². The lowest BCUT2D eigenvalue weighted by Gasteiger charge is -2.35. The third-order valence-corrected chi connectivity index (χ3v) is 6.40. The Labute approximate surface area is 206 Å². The zero-order chi connectivity index (χ0) is 24.9. The maximum atomic E-state index is 12.7. The molecule has 1 aromatic heterocycles. The number of rotatable bonds is 7. The van der Waals surface area contributed by atoms with Crippen LogP contribution in [0.1, 0.15) is 16.7 Å². The largest absolute Gasteiger partial charge is 0.497 e. The first-order chi connectivity index (χ1) is 16.9. The highest BCUT2D eigenvalue weighted by Gasteiger charge is 2.23. The van der Waals surface area contributed by atoms with E-state index in [0.29, 0.717) is 37.6 Å². The molecule has 4 rings (SSSR count). The Morgan fingerprint density at radius 1 is 0.886 bits per heavy atom. The highest BCUT2D eigenvalue weighted by atomic mass is 16.5. The van der Waals surface area contributed by atoms with Crippen LogP contribution in [-0.2, 0) is 4.79 Å². The van der Waals surface area contributed by atoms with Crippen molar-refractivity contribution in [1.82, 2.24) is 15.1 Å². The SMILES string of the molecule is COc1ccc(OC)c(-c2ccc(N3CCN(C(=O)COc4cc(C)cc(C)c4C)CC3)nn2)c1. The molecule has 0 unspecified atom stereocenters. The molecule has 0 atom stereocenters. The van der Waals surface area contributed by atoms with Gasteiger partial charge in [0.2, 0.25) is 0 Å². The van der Waals surface area contributed by atoms with E-state index in [0.717, 1.165) is 39.6 Å². The monoisotopic (exact) mass is 476 g/mol. The zero-order valence-corrected chi connectivity index (χ0v) is 21.0. The molecule has 3 aromatic rings. The number of aromatic nitrogens is 2. The van der Waals surface area contributed by atoms with Gasteiger partial charge in [-0.15, -0.1) is 10.2 Å². The fourth-order valence-corrected chi connectivity index (χ4v) is 4.22. The van der Waals surface area contributed by atoms with Gasteiger partial charge in [0.15, 0.2) is 12.4 Å². The summed E-state index contributed by atoms with van der Waals surface area (Å²) in [5.74, 6) is 2.99. The standard InChI is InChI=1S/C27H32N4O4/c1-18-14-19(2)20(3)25(15-18)35-17-27(32)31-12-10-30(11-13-31)26-9-7-23(28-29-26)22-16-21(33-4)6-8-24(22)34-5/h6-9,14-16H,10-13,17H2,1-5H3. The van der Waals surface area contributed by atoms with Gasteiger partial charge in [0.25, 0.3) is 5.91 Å². The molecule has 1 amide bonds. The maximum Gasteiger partial charge on any atom is 0.260 e. The normalized spacial score (nSPS) is 13.5. The van der Waals surface area contributed by atoms with Gasteiger partial charge in [-0.25, -0.2) is 0 Å².